The van der Waals surface area contributed by atoms with E-state index < -0.39 is 22.0 Å². The highest BCUT2D eigenvalue weighted by molar-refractivity contribution is 7.92. The van der Waals surface area contributed by atoms with Gasteiger partial charge in [0.2, 0.25) is 15.9 Å². The zero-order valence-corrected chi connectivity index (χ0v) is 16.8. The maximum atomic E-state index is 12.8. The summed E-state index contributed by atoms with van der Waals surface area (Å²) in [4.78, 5) is 12.8. The van der Waals surface area contributed by atoms with Crippen molar-refractivity contribution in [3.8, 4) is 0 Å². The van der Waals surface area contributed by atoms with Gasteiger partial charge in [-0.05, 0) is 48.7 Å². The van der Waals surface area contributed by atoms with Crippen molar-refractivity contribution in [1.29, 1.82) is 0 Å². The minimum absolute atomic E-state index is 0.226. The van der Waals surface area contributed by atoms with Crippen LogP contribution in [-0.2, 0) is 14.8 Å². The highest BCUT2D eigenvalue weighted by Crippen LogP contribution is 2.26. The topological polar surface area (TPSA) is 66.5 Å². The second-order valence-corrected chi connectivity index (χ2v) is 8.74. The molecule has 1 amide bonds. The smallest absolute Gasteiger partial charge is 0.248 e. The van der Waals surface area contributed by atoms with E-state index in [4.69, 9.17) is 11.6 Å². The quantitative estimate of drug-likeness (QED) is 0.796. The Labute approximate surface area is 160 Å². The van der Waals surface area contributed by atoms with Gasteiger partial charge >= 0.3 is 0 Å². The van der Waals surface area contributed by atoms with Crippen molar-refractivity contribution in [1.82, 2.24) is 0 Å². The molecule has 0 aliphatic heterocycles. The second-order valence-electron chi connectivity index (χ2n) is 6.44. The van der Waals surface area contributed by atoms with Crippen LogP contribution in [0.25, 0.3) is 0 Å². The van der Waals surface area contributed by atoms with E-state index in [1.54, 1.807) is 31.2 Å². The number of nitrogens with one attached hydrogen (secondary N) is 1. The van der Waals surface area contributed by atoms with Gasteiger partial charge in [0.05, 0.1) is 11.9 Å². The van der Waals surface area contributed by atoms with Crippen LogP contribution >= 0.6 is 11.6 Å². The molecule has 0 unspecified atom stereocenters. The van der Waals surface area contributed by atoms with Gasteiger partial charge in [-0.2, -0.15) is 0 Å². The highest BCUT2D eigenvalue weighted by Gasteiger charge is 2.29. The summed E-state index contributed by atoms with van der Waals surface area (Å²) in [5, 5.41) is 3.35. The van der Waals surface area contributed by atoms with Gasteiger partial charge in [0.1, 0.15) is 6.04 Å². The number of para-hydroxylation sites is 1. The fourth-order valence-corrected chi connectivity index (χ4v) is 4.05. The third-order valence-corrected chi connectivity index (χ3v) is 5.50. The first-order valence-electron chi connectivity index (χ1n) is 8.26. The molecule has 0 spiro atoms. The molecule has 0 radical (unpaired) electrons. The van der Waals surface area contributed by atoms with Gasteiger partial charge in [0.25, 0.3) is 0 Å². The predicted octanol–water partition coefficient (Wildman–Crippen LogP) is 4.26. The van der Waals surface area contributed by atoms with Crippen molar-refractivity contribution >= 4 is 38.9 Å². The van der Waals surface area contributed by atoms with Crippen LogP contribution in [0, 0.1) is 0 Å². The van der Waals surface area contributed by atoms with Crippen molar-refractivity contribution in [2.24, 2.45) is 0 Å². The van der Waals surface area contributed by atoms with E-state index in [1.165, 1.54) is 0 Å². The van der Waals surface area contributed by atoms with Crippen molar-refractivity contribution < 1.29 is 13.2 Å². The Hall–Kier alpha value is -2.05. The average Bonchev–Trinajstić information content (AvgIpc) is 2.55. The molecule has 2 aromatic carbocycles. The van der Waals surface area contributed by atoms with Crippen LogP contribution in [0.5, 0.6) is 0 Å². The number of carbonyl (C=O) groups excluding carboxylic acids is 1. The van der Waals surface area contributed by atoms with E-state index in [2.05, 4.69) is 5.32 Å². The largest absolute Gasteiger partial charge is 0.324 e. The molecular formula is C19H23ClN2O3S. The molecule has 0 aromatic heterocycles. The maximum absolute atomic E-state index is 12.8. The number of halogens is 1. The van der Waals surface area contributed by atoms with Crippen molar-refractivity contribution in [2.75, 3.05) is 15.9 Å². The standard InChI is InChI=1S/C19H23ClN2O3S/c1-13(2)17-7-5-6-8-18(17)21-19(23)14(3)22(26(4,24)25)16-11-9-15(20)10-12-16/h5-14H,1-4H3,(H,21,23)/t14-/m0/s1. The van der Waals surface area contributed by atoms with Gasteiger partial charge in [0.15, 0.2) is 0 Å². The first-order chi connectivity index (χ1) is 12.1. The summed E-state index contributed by atoms with van der Waals surface area (Å²) in [6.07, 6.45) is 1.08. The van der Waals surface area contributed by atoms with Gasteiger partial charge in [-0.15, -0.1) is 0 Å². The summed E-state index contributed by atoms with van der Waals surface area (Å²) in [6, 6.07) is 12.9. The van der Waals surface area contributed by atoms with E-state index in [0.717, 1.165) is 16.1 Å². The lowest BCUT2D eigenvalue weighted by atomic mass is 10.0. The SMILES string of the molecule is CC(C)c1ccccc1NC(=O)[C@H](C)N(c1ccc(Cl)cc1)S(C)(=O)=O. The molecular weight excluding hydrogens is 372 g/mol. The number of anilines is 2. The van der Waals surface area contributed by atoms with E-state index in [-0.39, 0.29) is 5.92 Å². The summed E-state index contributed by atoms with van der Waals surface area (Å²) in [6.45, 7) is 5.62. The molecule has 7 heteroatoms. The van der Waals surface area contributed by atoms with Crippen LogP contribution in [0.1, 0.15) is 32.3 Å². The molecule has 2 rings (SSSR count). The molecule has 0 bridgehead atoms. The van der Waals surface area contributed by atoms with Gasteiger partial charge in [-0.25, -0.2) is 8.42 Å². The van der Waals surface area contributed by atoms with Gasteiger partial charge in [0, 0.05) is 10.7 Å². The minimum Gasteiger partial charge on any atom is -0.324 e. The molecule has 0 heterocycles. The molecule has 0 saturated heterocycles. The Morgan fingerprint density at radius 2 is 1.62 bits per heavy atom. The average molecular weight is 395 g/mol. The summed E-state index contributed by atoms with van der Waals surface area (Å²) >= 11 is 5.88. The molecule has 0 saturated carbocycles. The lowest BCUT2D eigenvalue weighted by Crippen LogP contribution is -2.45. The number of carbonyl (C=O) groups is 1. The Morgan fingerprint density at radius 3 is 2.15 bits per heavy atom. The number of amides is 1. The summed E-state index contributed by atoms with van der Waals surface area (Å²) in [5.74, 6) is -0.178. The number of hydrogen-bond donors (Lipinski definition) is 1. The number of rotatable bonds is 6. The second kappa shape index (κ2) is 8.10. The van der Waals surface area contributed by atoms with Crippen molar-refractivity contribution in [2.45, 2.75) is 32.7 Å². The van der Waals surface area contributed by atoms with Crippen LogP contribution in [0.15, 0.2) is 48.5 Å². The molecule has 1 N–H and O–H groups in total. The van der Waals surface area contributed by atoms with Gasteiger partial charge in [-0.1, -0.05) is 43.6 Å². The Morgan fingerprint density at radius 1 is 1.04 bits per heavy atom. The monoisotopic (exact) mass is 394 g/mol. The highest BCUT2D eigenvalue weighted by atomic mass is 35.5. The summed E-state index contributed by atoms with van der Waals surface area (Å²) in [7, 11) is -3.66. The van der Waals surface area contributed by atoms with Crippen LogP contribution in [0.2, 0.25) is 5.02 Å². The molecule has 0 fully saturated rings. The lowest BCUT2D eigenvalue weighted by Gasteiger charge is -2.28. The maximum Gasteiger partial charge on any atom is 0.248 e. The molecule has 2 aromatic rings. The Kier molecular flexibility index (Phi) is 6.31. The number of nitrogens with zero attached hydrogens (tertiary/aromatic N) is 1. The number of sulfonamides is 1. The zero-order chi connectivity index (χ0) is 19.5. The van der Waals surface area contributed by atoms with Crippen molar-refractivity contribution in [3.05, 3.63) is 59.1 Å². The first kappa shape index (κ1) is 20.3. The van der Waals surface area contributed by atoms with Crippen LogP contribution in [0.3, 0.4) is 0 Å². The predicted molar refractivity (Wildman–Crippen MR) is 107 cm³/mol. The molecule has 0 aliphatic carbocycles. The fraction of sp³-hybridized carbons (Fsp3) is 0.316. The molecule has 5 nitrogen and oxygen atoms in total. The van der Waals surface area contributed by atoms with Crippen LogP contribution < -0.4 is 9.62 Å². The number of benzene rings is 2. The summed E-state index contributed by atoms with van der Waals surface area (Å²) < 4.78 is 25.7. The molecule has 26 heavy (non-hydrogen) atoms. The van der Waals surface area contributed by atoms with Gasteiger partial charge < -0.3 is 5.32 Å². The fourth-order valence-electron chi connectivity index (χ4n) is 2.75. The summed E-state index contributed by atoms with van der Waals surface area (Å²) in [5.41, 5.74) is 2.06. The third kappa shape index (κ3) is 4.77. The van der Waals surface area contributed by atoms with E-state index >= 15 is 0 Å². The van der Waals surface area contributed by atoms with E-state index in [9.17, 15) is 13.2 Å². The van der Waals surface area contributed by atoms with E-state index in [1.807, 2.05) is 38.1 Å². The Balaban J connectivity index is 2.33. The number of hydrogen-bond acceptors (Lipinski definition) is 3. The normalized spacial score (nSPS) is 12.7. The molecule has 140 valence electrons. The third-order valence-electron chi connectivity index (χ3n) is 4.01. The van der Waals surface area contributed by atoms with Crippen LogP contribution in [-0.4, -0.2) is 26.6 Å². The minimum atomic E-state index is -3.66. The zero-order valence-electron chi connectivity index (χ0n) is 15.2. The lowest BCUT2D eigenvalue weighted by molar-refractivity contribution is -0.116. The van der Waals surface area contributed by atoms with E-state index in [0.29, 0.717) is 16.4 Å². The van der Waals surface area contributed by atoms with Gasteiger partial charge in [-0.3, -0.25) is 9.10 Å². The first-order valence-corrected chi connectivity index (χ1v) is 10.5. The Bertz CT molecular complexity index is 880. The molecule has 1 atom stereocenters. The van der Waals surface area contributed by atoms with Crippen molar-refractivity contribution in [3.63, 3.8) is 0 Å². The molecule has 0 aliphatic rings. The van der Waals surface area contributed by atoms with Crippen LogP contribution in [0.4, 0.5) is 11.4 Å².